The fourth-order valence-electron chi connectivity index (χ4n) is 4.06. The standard InChI is InChI=1S/C15H19Br3O3/c1-2-9-10(17)7-12(18)15(19)13(9)14-11(21-15)6-8(20-14)4-3-5-16/h4-5,8-14,19H,2,6-7H2,1H3/t3?,8-,9+,10-,11-,12+,13-,14+,15-/m0/s1. The second kappa shape index (κ2) is 6.39. The molecule has 118 valence electrons. The maximum Gasteiger partial charge on any atom is 0.184 e. The number of hydrogen-bond donors (Lipinski definition) is 1. The molecule has 0 aromatic carbocycles. The summed E-state index contributed by atoms with van der Waals surface area (Å²) >= 11 is 10.6. The van der Waals surface area contributed by atoms with Gasteiger partial charge in [-0.3, -0.25) is 0 Å². The molecule has 2 aliphatic heterocycles. The van der Waals surface area contributed by atoms with E-state index in [9.17, 15) is 5.11 Å². The van der Waals surface area contributed by atoms with Gasteiger partial charge in [0.15, 0.2) is 5.79 Å². The molecule has 1 aliphatic carbocycles. The minimum atomic E-state index is -1.11. The van der Waals surface area contributed by atoms with Crippen molar-refractivity contribution < 1.29 is 14.6 Å². The molecule has 3 rings (SSSR count). The lowest BCUT2D eigenvalue weighted by Gasteiger charge is -2.46. The largest absolute Gasteiger partial charge is 0.367 e. The molecule has 0 aromatic rings. The number of rotatable bonds is 2. The average Bonchev–Trinajstić information content (AvgIpc) is 2.93. The highest BCUT2D eigenvalue weighted by Gasteiger charge is 2.65. The lowest BCUT2D eigenvalue weighted by Crippen LogP contribution is -2.56. The van der Waals surface area contributed by atoms with E-state index in [1.807, 2.05) is 6.08 Å². The quantitative estimate of drug-likeness (QED) is 0.476. The first-order valence-electron chi connectivity index (χ1n) is 7.36. The van der Waals surface area contributed by atoms with Crippen LogP contribution in [0.2, 0.25) is 0 Å². The highest BCUT2D eigenvalue weighted by molar-refractivity contribution is 9.11. The molecule has 0 spiro atoms. The first-order valence-corrected chi connectivity index (χ1v) is 10.1. The molecule has 0 amide bonds. The number of fused-ring (bicyclic) bond motifs is 3. The predicted octanol–water partition coefficient (Wildman–Crippen LogP) is 3.87. The molecule has 2 heterocycles. The summed E-state index contributed by atoms with van der Waals surface area (Å²) in [6, 6.07) is 0. The monoisotopic (exact) mass is 484 g/mol. The van der Waals surface area contributed by atoms with Crippen LogP contribution in [0, 0.1) is 11.8 Å². The molecule has 8 atom stereocenters. The van der Waals surface area contributed by atoms with Crippen LogP contribution in [0.5, 0.6) is 0 Å². The van der Waals surface area contributed by atoms with Gasteiger partial charge in [-0.2, -0.15) is 0 Å². The van der Waals surface area contributed by atoms with Gasteiger partial charge in [-0.05, 0) is 18.4 Å². The van der Waals surface area contributed by atoms with Crippen molar-refractivity contribution in [3.63, 3.8) is 0 Å². The Labute approximate surface area is 150 Å². The Bertz CT molecular complexity index is 465. The zero-order valence-corrected chi connectivity index (χ0v) is 16.5. The minimum Gasteiger partial charge on any atom is -0.367 e. The molecule has 3 fully saturated rings. The molecule has 1 saturated carbocycles. The van der Waals surface area contributed by atoms with Gasteiger partial charge in [-0.15, -0.1) is 5.73 Å². The van der Waals surface area contributed by atoms with E-state index in [-0.39, 0.29) is 29.1 Å². The predicted molar refractivity (Wildman–Crippen MR) is 92.0 cm³/mol. The zero-order chi connectivity index (χ0) is 15.2. The molecule has 0 radical (unpaired) electrons. The summed E-state index contributed by atoms with van der Waals surface area (Å²) in [7, 11) is 0. The second-order valence-corrected chi connectivity index (χ2v) is 8.78. The second-order valence-electron chi connectivity index (χ2n) is 6.04. The highest BCUT2D eigenvalue weighted by atomic mass is 79.9. The smallest absolute Gasteiger partial charge is 0.184 e. The van der Waals surface area contributed by atoms with Crippen molar-refractivity contribution in [2.24, 2.45) is 11.8 Å². The lowest BCUT2D eigenvalue weighted by atomic mass is 9.71. The third kappa shape index (κ3) is 2.75. The Balaban J connectivity index is 1.87. The Hall–Kier alpha value is 0.840. The van der Waals surface area contributed by atoms with Gasteiger partial charge >= 0.3 is 0 Å². The normalized spacial score (nSPS) is 52.0. The topological polar surface area (TPSA) is 38.7 Å². The van der Waals surface area contributed by atoms with Crippen LogP contribution in [0.4, 0.5) is 0 Å². The van der Waals surface area contributed by atoms with E-state index in [0.29, 0.717) is 10.7 Å². The molecule has 3 aliphatic rings. The third-order valence-corrected chi connectivity index (χ3v) is 7.30. The van der Waals surface area contributed by atoms with E-state index in [1.165, 1.54) is 0 Å². The van der Waals surface area contributed by atoms with Gasteiger partial charge in [-0.25, -0.2) is 0 Å². The van der Waals surface area contributed by atoms with E-state index in [1.54, 1.807) is 4.99 Å². The Morgan fingerprint density at radius 3 is 2.81 bits per heavy atom. The van der Waals surface area contributed by atoms with Crippen molar-refractivity contribution in [1.29, 1.82) is 0 Å². The molecule has 21 heavy (non-hydrogen) atoms. The van der Waals surface area contributed by atoms with Gasteiger partial charge in [0.25, 0.3) is 0 Å². The molecule has 3 nitrogen and oxygen atoms in total. The Morgan fingerprint density at radius 2 is 2.14 bits per heavy atom. The maximum absolute atomic E-state index is 11.1. The van der Waals surface area contributed by atoms with Crippen LogP contribution < -0.4 is 0 Å². The van der Waals surface area contributed by atoms with Gasteiger partial charge < -0.3 is 14.6 Å². The van der Waals surface area contributed by atoms with Crippen LogP contribution in [0.3, 0.4) is 0 Å². The molecule has 2 saturated heterocycles. The first-order chi connectivity index (χ1) is 10.0. The van der Waals surface area contributed by atoms with Crippen LogP contribution in [0.15, 0.2) is 16.8 Å². The number of hydrogen-bond acceptors (Lipinski definition) is 3. The summed E-state index contributed by atoms with van der Waals surface area (Å²) in [6.07, 6.45) is 4.49. The van der Waals surface area contributed by atoms with E-state index in [0.717, 1.165) is 19.3 Å². The SMILES string of the molecule is CC[C@H]1[C@H]2[C@@H]3O[C@@H](C=C=CBr)C[C@@H]3O[C@@]2(O)[C@H](Br)C[C@@H]1Br. The van der Waals surface area contributed by atoms with Gasteiger partial charge in [0.2, 0.25) is 0 Å². The van der Waals surface area contributed by atoms with Crippen LogP contribution in [0.1, 0.15) is 26.2 Å². The molecule has 0 unspecified atom stereocenters. The summed E-state index contributed by atoms with van der Waals surface area (Å²) in [6.45, 7) is 2.17. The van der Waals surface area contributed by atoms with Crippen LogP contribution >= 0.6 is 47.8 Å². The maximum atomic E-state index is 11.1. The number of aliphatic hydroxyl groups is 1. The Morgan fingerprint density at radius 1 is 1.38 bits per heavy atom. The summed E-state index contributed by atoms with van der Waals surface area (Å²) < 4.78 is 12.2. The van der Waals surface area contributed by atoms with E-state index < -0.39 is 5.79 Å². The molecular weight excluding hydrogens is 468 g/mol. The summed E-state index contributed by atoms with van der Waals surface area (Å²) in [4.78, 5) is 2.01. The number of ether oxygens (including phenoxy) is 2. The minimum absolute atomic E-state index is 0.00125. The lowest BCUT2D eigenvalue weighted by molar-refractivity contribution is -0.232. The Kier molecular flexibility index (Phi) is 5.08. The molecular formula is C15H19Br3O3. The first kappa shape index (κ1) is 16.7. The summed E-state index contributed by atoms with van der Waals surface area (Å²) in [5.41, 5.74) is 3.01. The van der Waals surface area contributed by atoms with Crippen molar-refractivity contribution in [2.45, 2.75) is 59.9 Å². The fraction of sp³-hybridized carbons (Fsp3) is 0.800. The molecule has 0 bridgehead atoms. The molecule has 0 aromatic heterocycles. The fourth-order valence-corrected chi connectivity index (χ4v) is 6.60. The zero-order valence-electron chi connectivity index (χ0n) is 11.7. The van der Waals surface area contributed by atoms with Gasteiger partial charge in [0, 0.05) is 22.2 Å². The van der Waals surface area contributed by atoms with Crippen LogP contribution in [-0.2, 0) is 9.47 Å². The van der Waals surface area contributed by atoms with Crippen molar-refractivity contribution in [3.05, 3.63) is 16.8 Å². The van der Waals surface area contributed by atoms with Gasteiger partial charge in [0.1, 0.15) is 0 Å². The van der Waals surface area contributed by atoms with Crippen molar-refractivity contribution in [3.8, 4) is 0 Å². The van der Waals surface area contributed by atoms with Crippen molar-refractivity contribution in [1.82, 2.24) is 0 Å². The van der Waals surface area contributed by atoms with Gasteiger partial charge in [0.05, 0.1) is 23.1 Å². The highest BCUT2D eigenvalue weighted by Crippen LogP contribution is 2.56. The van der Waals surface area contributed by atoms with E-state index in [2.05, 4.69) is 60.4 Å². The average molecular weight is 487 g/mol. The van der Waals surface area contributed by atoms with Crippen LogP contribution in [-0.4, -0.2) is 38.9 Å². The molecule has 1 N–H and O–H groups in total. The number of alkyl halides is 2. The number of halogens is 3. The van der Waals surface area contributed by atoms with Crippen LogP contribution in [0.25, 0.3) is 0 Å². The third-order valence-electron chi connectivity index (χ3n) is 4.96. The summed E-state index contributed by atoms with van der Waals surface area (Å²) in [5, 5.41) is 11.1. The summed E-state index contributed by atoms with van der Waals surface area (Å²) in [5.74, 6) is -0.755. The van der Waals surface area contributed by atoms with Gasteiger partial charge in [-0.1, -0.05) is 61.1 Å². The van der Waals surface area contributed by atoms with Crippen molar-refractivity contribution in [2.75, 3.05) is 0 Å². The van der Waals surface area contributed by atoms with E-state index in [4.69, 9.17) is 9.47 Å². The van der Waals surface area contributed by atoms with Crippen molar-refractivity contribution >= 4 is 47.8 Å². The molecule has 6 heteroatoms. The van der Waals surface area contributed by atoms with E-state index >= 15 is 0 Å².